The average molecular weight is 158 g/mol. The molecule has 0 aliphatic rings. The molecule has 0 saturated carbocycles. The first-order valence-corrected chi connectivity index (χ1v) is 2.89. The summed E-state index contributed by atoms with van der Waals surface area (Å²) >= 11 is 0. The lowest BCUT2D eigenvalue weighted by molar-refractivity contribution is -0.370. The second kappa shape index (κ2) is 4.26. The normalized spacial score (nSPS) is 8.18. The number of nitrogens with two attached hydrogens (primary N) is 1. The van der Waals surface area contributed by atoms with Crippen molar-refractivity contribution in [2.75, 3.05) is 5.73 Å². The highest BCUT2D eigenvalue weighted by Gasteiger charge is 1.95. The second-order valence-electron chi connectivity index (χ2n) is 1.85. The van der Waals surface area contributed by atoms with Gasteiger partial charge in [0.05, 0.1) is 0 Å². The maximum absolute atomic E-state index is 8.89. The lowest BCUT2D eigenvalue weighted by Crippen LogP contribution is -2.16. The van der Waals surface area contributed by atoms with Gasteiger partial charge in [0.2, 0.25) is 0 Å². The maximum atomic E-state index is 8.89. The van der Waals surface area contributed by atoms with Crippen molar-refractivity contribution >= 4 is 11.9 Å². The van der Waals surface area contributed by atoms with Crippen molar-refractivity contribution in [2.45, 2.75) is 13.8 Å². The fourth-order valence-corrected chi connectivity index (χ4v) is 0.392. The lowest BCUT2D eigenvalue weighted by Gasteiger charge is -1.77. The fourth-order valence-electron chi connectivity index (χ4n) is 0.392. The van der Waals surface area contributed by atoms with Crippen LogP contribution in [0.25, 0.3) is 0 Å². The molecule has 1 aromatic heterocycles. The van der Waals surface area contributed by atoms with Gasteiger partial charge in [-0.1, -0.05) is 0 Å². The molecule has 0 atom stereocenters. The van der Waals surface area contributed by atoms with E-state index in [1.165, 1.54) is 0 Å². The van der Waals surface area contributed by atoms with Crippen LogP contribution in [0.2, 0.25) is 0 Å². The second-order valence-corrected chi connectivity index (χ2v) is 1.85. The van der Waals surface area contributed by atoms with E-state index in [-0.39, 0.29) is 0 Å². The number of carboxylic acid groups (broad SMARTS) is 1. The molecule has 6 heteroatoms. The van der Waals surface area contributed by atoms with Gasteiger partial charge in [0.15, 0.2) is 5.82 Å². The third-order valence-corrected chi connectivity index (χ3v) is 0.660. The minimum atomic E-state index is -1.08. The Hall–Kier alpha value is -1.59. The lowest BCUT2D eigenvalue weighted by atomic mass is 10.8. The molecule has 1 aromatic rings. The third-order valence-electron chi connectivity index (χ3n) is 0.660. The molecule has 0 saturated heterocycles. The quantitative estimate of drug-likeness (QED) is 0.449. The zero-order valence-electron chi connectivity index (χ0n) is 6.34. The number of aromatic amines is 2. The number of nitrogen functional groups attached to an aromatic ring is 1. The van der Waals surface area contributed by atoms with Gasteiger partial charge in [0, 0.05) is 18.0 Å². The molecule has 1 rings (SSSR count). The molecule has 11 heavy (non-hydrogen) atoms. The molecular weight excluding hydrogens is 148 g/mol. The number of H-pyrrole nitrogens is 2. The van der Waals surface area contributed by atoms with Gasteiger partial charge in [0.1, 0.15) is 0 Å². The summed E-state index contributed by atoms with van der Waals surface area (Å²) in [6.07, 6.45) is 0. The third kappa shape index (κ3) is 6.29. The van der Waals surface area contributed by atoms with E-state index in [1.807, 2.05) is 6.92 Å². The molecule has 6 nitrogen and oxygen atoms in total. The molecule has 1 heterocycles. The summed E-state index contributed by atoms with van der Waals surface area (Å²) in [4.78, 5) is 11.6. The first-order valence-electron chi connectivity index (χ1n) is 2.89. The predicted molar refractivity (Wildman–Crippen MR) is 35.0 cm³/mol. The van der Waals surface area contributed by atoms with Crippen molar-refractivity contribution in [3.05, 3.63) is 5.82 Å². The SMILES string of the molecule is CC(=O)[O-].Cc1[nH]nc(N)[nH+]1. The van der Waals surface area contributed by atoms with Gasteiger partial charge in [0.25, 0.3) is 0 Å². The molecule has 0 spiro atoms. The maximum Gasteiger partial charge on any atom is 0.372 e. The number of hydrogen-bond donors (Lipinski definition) is 2. The highest BCUT2D eigenvalue weighted by atomic mass is 16.4. The molecule has 0 fully saturated rings. The minimum Gasteiger partial charge on any atom is -0.550 e. The minimum absolute atomic E-state index is 0.428. The molecule has 0 aromatic carbocycles. The van der Waals surface area contributed by atoms with Crippen LogP contribution in [0.15, 0.2) is 0 Å². The van der Waals surface area contributed by atoms with Gasteiger partial charge in [-0.25, -0.2) is 4.98 Å². The summed E-state index contributed by atoms with van der Waals surface area (Å²) in [5, 5.41) is 15.1. The van der Waals surface area contributed by atoms with Crippen LogP contribution >= 0.6 is 0 Å². The van der Waals surface area contributed by atoms with Crippen LogP contribution in [0.5, 0.6) is 0 Å². The Kier molecular flexibility index (Phi) is 3.65. The standard InChI is InChI=1S/C3H6N4.C2H4O2/c1-2-5-3(4)7-6-2;1-2(3)4/h1H3,(H3,4,5,6,7);1H3,(H,3,4). The van der Waals surface area contributed by atoms with Crippen molar-refractivity contribution in [2.24, 2.45) is 0 Å². The Morgan fingerprint density at radius 1 is 1.82 bits per heavy atom. The molecule has 0 amide bonds. The smallest absolute Gasteiger partial charge is 0.372 e. The summed E-state index contributed by atoms with van der Waals surface area (Å²) in [5.41, 5.74) is 5.18. The first-order chi connectivity index (χ1) is 5.02. The molecule has 0 bridgehead atoms. The van der Waals surface area contributed by atoms with Crippen LogP contribution in [0, 0.1) is 6.92 Å². The van der Waals surface area contributed by atoms with Crippen LogP contribution < -0.4 is 15.8 Å². The van der Waals surface area contributed by atoms with Gasteiger partial charge < -0.3 is 15.6 Å². The van der Waals surface area contributed by atoms with Crippen molar-refractivity contribution in [1.82, 2.24) is 10.2 Å². The van der Waals surface area contributed by atoms with Crippen molar-refractivity contribution in [1.29, 1.82) is 0 Å². The van der Waals surface area contributed by atoms with Crippen LogP contribution in [-0.4, -0.2) is 16.2 Å². The van der Waals surface area contributed by atoms with E-state index in [0.717, 1.165) is 12.7 Å². The van der Waals surface area contributed by atoms with E-state index in [2.05, 4.69) is 15.2 Å². The van der Waals surface area contributed by atoms with Crippen LogP contribution in [0.4, 0.5) is 5.95 Å². The van der Waals surface area contributed by atoms with Gasteiger partial charge in [-0.05, 0) is 6.92 Å². The van der Waals surface area contributed by atoms with Crippen molar-refractivity contribution < 1.29 is 14.9 Å². The summed E-state index contributed by atoms with van der Waals surface area (Å²) in [7, 11) is 0. The van der Waals surface area contributed by atoms with E-state index in [9.17, 15) is 0 Å². The predicted octanol–water partition coefficient (Wildman–Crippen LogP) is -2.13. The summed E-state index contributed by atoms with van der Waals surface area (Å²) < 4.78 is 0. The zero-order chi connectivity index (χ0) is 8.85. The largest absolute Gasteiger partial charge is 0.550 e. The Balaban J connectivity index is 0.000000218. The number of nitrogens with one attached hydrogen (secondary N) is 2. The number of carbonyl (C=O) groups is 1. The van der Waals surface area contributed by atoms with Crippen molar-refractivity contribution in [3.63, 3.8) is 0 Å². The molecule has 0 unspecified atom stereocenters. The number of nitrogens with zero attached hydrogens (tertiary/aromatic N) is 1. The van der Waals surface area contributed by atoms with E-state index >= 15 is 0 Å². The number of anilines is 1. The highest BCUT2D eigenvalue weighted by molar-refractivity contribution is 5.60. The number of rotatable bonds is 0. The summed E-state index contributed by atoms with van der Waals surface area (Å²) in [6.45, 7) is 2.82. The average Bonchev–Trinajstić information content (AvgIpc) is 2.13. The fraction of sp³-hybridized carbons (Fsp3) is 0.400. The first kappa shape index (κ1) is 9.41. The number of aliphatic carboxylic acids is 1. The zero-order valence-corrected chi connectivity index (χ0v) is 6.34. The number of aryl methyl sites for hydroxylation is 1. The summed E-state index contributed by atoms with van der Waals surface area (Å²) in [5.74, 6) is 0.218. The Labute approximate surface area is 63.4 Å². The van der Waals surface area contributed by atoms with E-state index < -0.39 is 5.97 Å². The number of carboxylic acids is 1. The molecule has 0 aliphatic heterocycles. The monoisotopic (exact) mass is 158 g/mol. The Morgan fingerprint density at radius 2 is 2.27 bits per heavy atom. The van der Waals surface area contributed by atoms with Gasteiger partial charge in [-0.3, -0.25) is 0 Å². The number of carbonyl (C=O) groups excluding carboxylic acids is 1. The van der Waals surface area contributed by atoms with E-state index in [1.54, 1.807) is 0 Å². The Morgan fingerprint density at radius 3 is 2.36 bits per heavy atom. The van der Waals surface area contributed by atoms with Crippen LogP contribution in [0.3, 0.4) is 0 Å². The van der Waals surface area contributed by atoms with Gasteiger partial charge >= 0.3 is 5.95 Å². The van der Waals surface area contributed by atoms with Gasteiger partial charge in [-0.15, -0.1) is 0 Å². The van der Waals surface area contributed by atoms with Gasteiger partial charge in [-0.2, -0.15) is 5.10 Å². The molecule has 0 aliphatic carbocycles. The summed E-state index contributed by atoms with van der Waals surface area (Å²) in [6, 6.07) is 0. The van der Waals surface area contributed by atoms with E-state index in [4.69, 9.17) is 15.6 Å². The van der Waals surface area contributed by atoms with Crippen LogP contribution in [-0.2, 0) is 4.79 Å². The van der Waals surface area contributed by atoms with E-state index in [0.29, 0.717) is 5.95 Å². The number of hydrogen-bond acceptors (Lipinski definition) is 4. The van der Waals surface area contributed by atoms with Crippen LogP contribution in [0.1, 0.15) is 12.7 Å². The molecule has 4 N–H and O–H groups in total. The topological polar surface area (TPSA) is 109 Å². The molecular formula is C5H10N4O2. The Bertz CT molecular complexity index is 212. The highest BCUT2D eigenvalue weighted by Crippen LogP contribution is 1.77. The molecule has 0 radical (unpaired) electrons. The van der Waals surface area contributed by atoms with Crippen molar-refractivity contribution in [3.8, 4) is 0 Å². The molecule has 62 valence electrons. The number of aromatic nitrogens is 3.